The second kappa shape index (κ2) is 2.72. The predicted molar refractivity (Wildman–Crippen MR) is 43.2 cm³/mol. The molecule has 0 heterocycles. The van der Waals surface area contributed by atoms with Crippen LogP contribution in [0.1, 0.15) is 13.3 Å². The number of carbonyl (C=O) groups excluding carboxylic acids is 1. The Morgan fingerprint density at radius 2 is 2.40 bits per heavy atom. The Labute approximate surface area is 66.9 Å². The van der Waals surface area contributed by atoms with Crippen LogP contribution < -0.4 is 5.73 Å². The maximum atomic E-state index is 10.7. The highest BCUT2D eigenvalue weighted by molar-refractivity contribution is 5.90. The molecule has 2 nitrogen and oxygen atoms in total. The fourth-order valence-corrected chi connectivity index (χ4v) is 1.00. The Morgan fingerprint density at radius 3 is 2.50 bits per heavy atom. The molecule has 0 bridgehead atoms. The number of nitrogens with two attached hydrogens (primary N) is 1. The number of hydrogen-bond acceptors (Lipinski definition) is 2. The minimum absolute atomic E-state index is 0. The summed E-state index contributed by atoms with van der Waals surface area (Å²) in [6.07, 6.45) is 2.53. The fraction of sp³-hybridized carbons (Fsp3) is 0.571. The van der Waals surface area contributed by atoms with E-state index in [4.69, 9.17) is 5.73 Å². The van der Waals surface area contributed by atoms with E-state index in [1.165, 1.54) is 6.92 Å². The molecule has 1 aliphatic carbocycles. The molecular weight excluding hydrogens is 150 g/mol. The highest BCUT2D eigenvalue weighted by Crippen LogP contribution is 2.42. The van der Waals surface area contributed by atoms with Crippen LogP contribution in [0.25, 0.3) is 0 Å². The Hall–Kier alpha value is -0.340. The van der Waals surface area contributed by atoms with Crippen LogP contribution in [0.4, 0.5) is 0 Å². The summed E-state index contributed by atoms with van der Waals surface area (Å²) in [4.78, 5) is 10.7. The van der Waals surface area contributed by atoms with Gasteiger partial charge in [0.15, 0.2) is 0 Å². The molecule has 10 heavy (non-hydrogen) atoms. The Morgan fingerprint density at radius 1 is 1.90 bits per heavy atom. The zero-order valence-electron chi connectivity index (χ0n) is 5.96. The molecular formula is C7H12ClNO. The van der Waals surface area contributed by atoms with Crippen molar-refractivity contribution in [2.75, 3.05) is 0 Å². The van der Waals surface area contributed by atoms with Gasteiger partial charge < -0.3 is 5.73 Å². The van der Waals surface area contributed by atoms with E-state index in [0.29, 0.717) is 0 Å². The highest BCUT2D eigenvalue weighted by atomic mass is 35.5. The number of carbonyl (C=O) groups is 1. The van der Waals surface area contributed by atoms with Crippen LogP contribution in [-0.2, 0) is 4.79 Å². The summed E-state index contributed by atoms with van der Waals surface area (Å²) in [6.45, 7) is 5.10. The van der Waals surface area contributed by atoms with Gasteiger partial charge in [-0.05, 0) is 13.3 Å². The topological polar surface area (TPSA) is 43.1 Å². The van der Waals surface area contributed by atoms with Crippen LogP contribution in [0.2, 0.25) is 0 Å². The molecule has 1 fully saturated rings. The SMILES string of the molecule is C=C[C@H]1C[C@]1(N)C(C)=O.Cl. The van der Waals surface area contributed by atoms with E-state index in [0.717, 1.165) is 6.42 Å². The van der Waals surface area contributed by atoms with E-state index in [1.807, 2.05) is 0 Å². The monoisotopic (exact) mass is 161 g/mol. The van der Waals surface area contributed by atoms with Gasteiger partial charge in [0.2, 0.25) is 0 Å². The average Bonchev–Trinajstić information content (AvgIpc) is 2.44. The average molecular weight is 162 g/mol. The Bertz CT molecular complexity index is 169. The van der Waals surface area contributed by atoms with E-state index in [9.17, 15) is 4.79 Å². The third-order valence-corrected chi connectivity index (χ3v) is 2.00. The molecule has 1 rings (SSSR count). The molecule has 2 N–H and O–H groups in total. The van der Waals surface area contributed by atoms with Gasteiger partial charge in [-0.15, -0.1) is 19.0 Å². The van der Waals surface area contributed by atoms with E-state index in [-0.39, 0.29) is 24.1 Å². The number of ketones is 1. The van der Waals surface area contributed by atoms with Gasteiger partial charge in [0, 0.05) is 5.92 Å². The minimum Gasteiger partial charge on any atom is -0.318 e. The van der Waals surface area contributed by atoms with E-state index in [2.05, 4.69) is 6.58 Å². The second-order valence-electron chi connectivity index (χ2n) is 2.64. The van der Waals surface area contributed by atoms with Gasteiger partial charge in [-0.2, -0.15) is 0 Å². The van der Waals surface area contributed by atoms with Crippen LogP contribution in [0.3, 0.4) is 0 Å². The normalized spacial score (nSPS) is 36.0. The largest absolute Gasteiger partial charge is 0.318 e. The smallest absolute Gasteiger partial charge is 0.150 e. The number of Topliss-reactive ketones (excluding diaryl/α,β-unsaturated/α-hetero) is 1. The first-order valence-corrected chi connectivity index (χ1v) is 3.03. The maximum Gasteiger partial charge on any atom is 0.150 e. The van der Waals surface area contributed by atoms with Crippen molar-refractivity contribution in [1.29, 1.82) is 0 Å². The van der Waals surface area contributed by atoms with Gasteiger partial charge in [-0.25, -0.2) is 0 Å². The second-order valence-corrected chi connectivity index (χ2v) is 2.64. The lowest BCUT2D eigenvalue weighted by molar-refractivity contribution is -0.119. The van der Waals surface area contributed by atoms with E-state index >= 15 is 0 Å². The summed E-state index contributed by atoms with van der Waals surface area (Å²) in [5.74, 6) is 0.308. The van der Waals surface area contributed by atoms with Crippen molar-refractivity contribution in [1.82, 2.24) is 0 Å². The lowest BCUT2D eigenvalue weighted by atomic mass is 10.1. The molecule has 0 spiro atoms. The summed E-state index contributed by atoms with van der Waals surface area (Å²) in [7, 11) is 0. The number of halogens is 1. The lowest BCUT2D eigenvalue weighted by Crippen LogP contribution is -2.32. The quantitative estimate of drug-likeness (QED) is 0.612. The first-order chi connectivity index (χ1) is 4.11. The fourth-order valence-electron chi connectivity index (χ4n) is 1.00. The summed E-state index contributed by atoms with van der Waals surface area (Å²) >= 11 is 0. The third kappa shape index (κ3) is 1.22. The zero-order valence-corrected chi connectivity index (χ0v) is 6.78. The van der Waals surface area contributed by atoms with Gasteiger partial charge >= 0.3 is 0 Å². The van der Waals surface area contributed by atoms with Crippen molar-refractivity contribution < 1.29 is 4.79 Å². The van der Waals surface area contributed by atoms with Gasteiger partial charge in [0.25, 0.3) is 0 Å². The van der Waals surface area contributed by atoms with Gasteiger partial charge in [0.05, 0.1) is 5.54 Å². The van der Waals surface area contributed by atoms with Crippen molar-refractivity contribution >= 4 is 18.2 Å². The van der Waals surface area contributed by atoms with Crippen LogP contribution in [0.5, 0.6) is 0 Å². The minimum atomic E-state index is -0.540. The third-order valence-electron chi connectivity index (χ3n) is 2.00. The number of rotatable bonds is 2. The van der Waals surface area contributed by atoms with Gasteiger partial charge in [-0.3, -0.25) is 4.79 Å². The standard InChI is InChI=1S/C7H11NO.ClH/c1-3-6-4-7(6,8)5(2)9;/h3,6H,1,4,8H2,2H3;1H/t6-,7-;/m0./s1. The van der Waals surface area contributed by atoms with Crippen molar-refractivity contribution in [2.24, 2.45) is 11.7 Å². The van der Waals surface area contributed by atoms with Crippen molar-refractivity contribution in [3.63, 3.8) is 0 Å². The number of hydrogen-bond donors (Lipinski definition) is 1. The molecule has 0 aromatic carbocycles. The molecule has 0 aromatic rings. The molecule has 0 radical (unpaired) electrons. The molecule has 0 aromatic heterocycles. The molecule has 1 saturated carbocycles. The molecule has 1 aliphatic rings. The van der Waals surface area contributed by atoms with Crippen LogP contribution in [0.15, 0.2) is 12.7 Å². The lowest BCUT2D eigenvalue weighted by Gasteiger charge is -2.01. The zero-order chi connectivity index (χ0) is 7.07. The van der Waals surface area contributed by atoms with E-state index < -0.39 is 5.54 Å². The first-order valence-electron chi connectivity index (χ1n) is 3.03. The van der Waals surface area contributed by atoms with Crippen molar-refractivity contribution in [2.45, 2.75) is 18.9 Å². The van der Waals surface area contributed by atoms with Gasteiger partial charge in [-0.1, -0.05) is 6.08 Å². The van der Waals surface area contributed by atoms with Crippen molar-refractivity contribution in [3.05, 3.63) is 12.7 Å². The molecule has 2 atom stereocenters. The molecule has 3 heteroatoms. The molecule has 0 unspecified atom stereocenters. The summed E-state index contributed by atoms with van der Waals surface area (Å²) < 4.78 is 0. The maximum absolute atomic E-state index is 10.7. The Kier molecular flexibility index (Phi) is 2.63. The Balaban J connectivity index is 0.000000810. The van der Waals surface area contributed by atoms with E-state index in [1.54, 1.807) is 6.08 Å². The molecule has 0 amide bonds. The first kappa shape index (κ1) is 9.66. The molecule has 58 valence electrons. The van der Waals surface area contributed by atoms with Crippen LogP contribution in [0, 0.1) is 5.92 Å². The van der Waals surface area contributed by atoms with Gasteiger partial charge in [0.1, 0.15) is 5.78 Å². The summed E-state index contributed by atoms with van der Waals surface area (Å²) in [6, 6.07) is 0. The van der Waals surface area contributed by atoms with Crippen molar-refractivity contribution in [3.8, 4) is 0 Å². The molecule has 0 saturated heterocycles. The summed E-state index contributed by atoms with van der Waals surface area (Å²) in [5, 5.41) is 0. The van der Waals surface area contributed by atoms with Crippen LogP contribution >= 0.6 is 12.4 Å². The highest BCUT2D eigenvalue weighted by Gasteiger charge is 2.52. The van der Waals surface area contributed by atoms with Crippen LogP contribution in [-0.4, -0.2) is 11.3 Å². The predicted octanol–water partition coefficient (Wildman–Crippen LogP) is 0.901. The molecule has 0 aliphatic heterocycles. The summed E-state index contributed by atoms with van der Waals surface area (Å²) in [5.41, 5.74) is 5.08.